The molecule has 1 unspecified atom stereocenters. The fraction of sp³-hybridized carbons (Fsp3) is 1.00. The monoisotopic (exact) mass is 188 g/mol. The lowest BCUT2D eigenvalue weighted by Gasteiger charge is -2.19. The lowest BCUT2D eigenvalue weighted by Crippen LogP contribution is -2.35. The highest BCUT2D eigenvalue weighted by molar-refractivity contribution is 4.79. The number of β-amino-alcohol motifs (C(OH)–C–C–N with tert-alkyl or cyclic N) is 1. The summed E-state index contributed by atoms with van der Waals surface area (Å²) in [5.41, 5.74) is 5.75. The molecule has 0 amide bonds. The predicted octanol–water partition coefficient (Wildman–Crippen LogP) is -0.583. The number of hydrogen-bond donors (Lipinski definition) is 2. The summed E-state index contributed by atoms with van der Waals surface area (Å²) in [5, 5.41) is 9.52. The van der Waals surface area contributed by atoms with Gasteiger partial charge < -0.3 is 15.6 Å². The Morgan fingerprint density at radius 1 is 1.69 bits per heavy atom. The Morgan fingerprint density at radius 3 is 3.00 bits per heavy atom. The molecule has 0 aromatic carbocycles. The molecule has 1 saturated heterocycles. The smallest absolute Gasteiger partial charge is 0.0900 e. The van der Waals surface area contributed by atoms with Gasteiger partial charge in [0.1, 0.15) is 0 Å². The molecule has 3 N–H and O–H groups in total. The highest BCUT2D eigenvalue weighted by Crippen LogP contribution is 2.07. The summed E-state index contributed by atoms with van der Waals surface area (Å²) in [5.74, 6) is 0. The van der Waals surface area contributed by atoms with Crippen LogP contribution in [0.2, 0.25) is 0 Å². The molecule has 2 atom stereocenters. The molecule has 0 aliphatic carbocycles. The van der Waals surface area contributed by atoms with E-state index in [1.54, 1.807) is 0 Å². The molecule has 1 aliphatic rings. The molecule has 78 valence electrons. The van der Waals surface area contributed by atoms with Gasteiger partial charge in [0.2, 0.25) is 0 Å². The second-order valence-electron chi connectivity index (χ2n) is 3.62. The van der Waals surface area contributed by atoms with Crippen LogP contribution >= 0.6 is 0 Å². The second-order valence-corrected chi connectivity index (χ2v) is 3.62. The first-order valence-corrected chi connectivity index (χ1v) is 4.96. The third-order valence-electron chi connectivity index (χ3n) is 2.29. The van der Waals surface area contributed by atoms with Crippen molar-refractivity contribution in [1.29, 1.82) is 0 Å². The van der Waals surface area contributed by atoms with Gasteiger partial charge in [-0.25, -0.2) is 0 Å². The number of rotatable bonds is 5. The van der Waals surface area contributed by atoms with Crippen LogP contribution in [0.5, 0.6) is 0 Å². The minimum Gasteiger partial charge on any atom is -0.389 e. The van der Waals surface area contributed by atoms with Gasteiger partial charge >= 0.3 is 0 Å². The summed E-state index contributed by atoms with van der Waals surface area (Å²) in [6.45, 7) is 5.62. The van der Waals surface area contributed by atoms with Gasteiger partial charge in [0, 0.05) is 25.7 Å². The maximum Gasteiger partial charge on any atom is 0.0900 e. The van der Waals surface area contributed by atoms with E-state index in [1.165, 1.54) is 0 Å². The van der Waals surface area contributed by atoms with Crippen LogP contribution in [0.3, 0.4) is 0 Å². The molecule has 13 heavy (non-hydrogen) atoms. The van der Waals surface area contributed by atoms with E-state index in [2.05, 4.69) is 4.90 Å². The van der Waals surface area contributed by atoms with Crippen LogP contribution in [-0.2, 0) is 4.74 Å². The van der Waals surface area contributed by atoms with E-state index in [0.717, 1.165) is 19.5 Å². The lowest BCUT2D eigenvalue weighted by atomic mass is 10.3. The topological polar surface area (TPSA) is 58.7 Å². The SMILES string of the molecule is CCOCC(O)CN1CC[C@H](N)C1. The Hall–Kier alpha value is -0.160. The van der Waals surface area contributed by atoms with E-state index in [9.17, 15) is 5.11 Å². The van der Waals surface area contributed by atoms with Crippen LogP contribution in [0.15, 0.2) is 0 Å². The van der Waals surface area contributed by atoms with Crippen molar-refractivity contribution in [3.8, 4) is 0 Å². The molecule has 0 aromatic rings. The van der Waals surface area contributed by atoms with E-state index in [-0.39, 0.29) is 6.10 Å². The van der Waals surface area contributed by atoms with Crippen LogP contribution in [0.25, 0.3) is 0 Å². The van der Waals surface area contributed by atoms with Crippen LogP contribution in [-0.4, -0.2) is 55.0 Å². The highest BCUT2D eigenvalue weighted by atomic mass is 16.5. The molecule has 0 aromatic heterocycles. The number of aliphatic hydroxyl groups is 1. The van der Waals surface area contributed by atoms with Crippen molar-refractivity contribution < 1.29 is 9.84 Å². The first-order chi connectivity index (χ1) is 6.22. The quantitative estimate of drug-likeness (QED) is 0.606. The fourth-order valence-electron chi connectivity index (χ4n) is 1.63. The van der Waals surface area contributed by atoms with Gasteiger partial charge in [-0.15, -0.1) is 0 Å². The van der Waals surface area contributed by atoms with Crippen LogP contribution in [0.4, 0.5) is 0 Å². The summed E-state index contributed by atoms with van der Waals surface area (Å²) >= 11 is 0. The highest BCUT2D eigenvalue weighted by Gasteiger charge is 2.20. The number of aliphatic hydroxyl groups excluding tert-OH is 1. The Labute approximate surface area is 79.7 Å². The Kier molecular flexibility index (Phi) is 4.66. The number of likely N-dealkylation sites (tertiary alicyclic amines) is 1. The summed E-state index contributed by atoms with van der Waals surface area (Å²) in [6, 6.07) is 0.291. The van der Waals surface area contributed by atoms with Gasteiger partial charge in [-0.05, 0) is 19.9 Å². The lowest BCUT2D eigenvalue weighted by molar-refractivity contribution is 0.0250. The van der Waals surface area contributed by atoms with Crippen LogP contribution < -0.4 is 5.73 Å². The molecule has 0 bridgehead atoms. The maximum atomic E-state index is 9.52. The van der Waals surface area contributed by atoms with Gasteiger partial charge in [-0.3, -0.25) is 4.90 Å². The third-order valence-corrected chi connectivity index (χ3v) is 2.29. The van der Waals surface area contributed by atoms with Gasteiger partial charge in [0.15, 0.2) is 0 Å². The van der Waals surface area contributed by atoms with E-state index >= 15 is 0 Å². The first-order valence-electron chi connectivity index (χ1n) is 4.96. The molecule has 1 fully saturated rings. The van der Waals surface area contributed by atoms with Crippen molar-refractivity contribution >= 4 is 0 Å². The molecular weight excluding hydrogens is 168 g/mol. The van der Waals surface area contributed by atoms with Crippen molar-refractivity contribution in [2.75, 3.05) is 32.8 Å². The van der Waals surface area contributed by atoms with Gasteiger partial charge in [0.25, 0.3) is 0 Å². The number of nitrogens with two attached hydrogens (primary N) is 1. The average molecular weight is 188 g/mol. The molecule has 0 radical (unpaired) electrons. The predicted molar refractivity (Wildman–Crippen MR) is 51.5 cm³/mol. The van der Waals surface area contributed by atoms with Crippen molar-refractivity contribution in [2.45, 2.75) is 25.5 Å². The van der Waals surface area contributed by atoms with Crippen molar-refractivity contribution in [3.05, 3.63) is 0 Å². The van der Waals surface area contributed by atoms with E-state index in [1.807, 2.05) is 6.92 Å². The molecule has 1 aliphatic heterocycles. The zero-order chi connectivity index (χ0) is 9.68. The molecular formula is C9H20N2O2. The van der Waals surface area contributed by atoms with Crippen molar-refractivity contribution in [2.24, 2.45) is 5.73 Å². The normalized spacial score (nSPS) is 26.5. The summed E-state index contributed by atoms with van der Waals surface area (Å²) in [4.78, 5) is 2.19. The van der Waals surface area contributed by atoms with Gasteiger partial charge in [-0.1, -0.05) is 0 Å². The molecule has 1 heterocycles. The molecule has 0 saturated carbocycles. The maximum absolute atomic E-state index is 9.52. The number of nitrogens with zero attached hydrogens (tertiary/aromatic N) is 1. The Balaban J connectivity index is 2.09. The fourth-order valence-corrected chi connectivity index (χ4v) is 1.63. The summed E-state index contributed by atoms with van der Waals surface area (Å²) in [7, 11) is 0. The molecule has 4 nitrogen and oxygen atoms in total. The Morgan fingerprint density at radius 2 is 2.46 bits per heavy atom. The third kappa shape index (κ3) is 4.04. The number of hydrogen-bond acceptors (Lipinski definition) is 4. The molecule has 0 spiro atoms. The average Bonchev–Trinajstić information content (AvgIpc) is 2.48. The minimum absolute atomic E-state index is 0.291. The zero-order valence-electron chi connectivity index (χ0n) is 8.28. The van der Waals surface area contributed by atoms with Gasteiger partial charge in [0.05, 0.1) is 12.7 Å². The molecule has 4 heteroatoms. The summed E-state index contributed by atoms with van der Waals surface area (Å²) in [6.07, 6.45) is 0.673. The summed E-state index contributed by atoms with van der Waals surface area (Å²) < 4.78 is 5.12. The van der Waals surface area contributed by atoms with E-state index < -0.39 is 0 Å². The largest absolute Gasteiger partial charge is 0.389 e. The second kappa shape index (κ2) is 5.54. The van der Waals surface area contributed by atoms with Crippen LogP contribution in [0, 0.1) is 0 Å². The van der Waals surface area contributed by atoms with Crippen LogP contribution in [0.1, 0.15) is 13.3 Å². The van der Waals surface area contributed by atoms with Crippen molar-refractivity contribution in [1.82, 2.24) is 4.90 Å². The minimum atomic E-state index is -0.370. The standard InChI is InChI=1S/C9H20N2O2/c1-2-13-7-9(12)6-11-4-3-8(10)5-11/h8-9,12H,2-7,10H2,1H3/t8-,9?/m0/s1. The van der Waals surface area contributed by atoms with E-state index in [0.29, 0.717) is 25.8 Å². The molecule has 1 rings (SSSR count). The number of ether oxygens (including phenoxy) is 1. The van der Waals surface area contributed by atoms with E-state index in [4.69, 9.17) is 10.5 Å². The van der Waals surface area contributed by atoms with Crippen molar-refractivity contribution in [3.63, 3.8) is 0 Å². The zero-order valence-corrected chi connectivity index (χ0v) is 8.28. The first kappa shape index (κ1) is 10.9. The van der Waals surface area contributed by atoms with Gasteiger partial charge in [-0.2, -0.15) is 0 Å². The Bertz CT molecular complexity index is 144.